The van der Waals surface area contributed by atoms with Gasteiger partial charge >= 0.3 is 0 Å². The van der Waals surface area contributed by atoms with E-state index in [4.69, 9.17) is 0 Å². The fourth-order valence-electron chi connectivity index (χ4n) is 2.90. The highest BCUT2D eigenvalue weighted by molar-refractivity contribution is 5.91. The average Bonchev–Trinajstić information content (AvgIpc) is 2.82. The second-order valence-electron chi connectivity index (χ2n) is 6.08. The smallest absolute Gasteiger partial charge is 0.289 e. The van der Waals surface area contributed by atoms with Gasteiger partial charge in [0, 0.05) is 18.7 Å². The molecular weight excluding hydrogens is 296 g/mol. The number of fused-ring (bicyclic) bond motifs is 3. The minimum atomic E-state index is -0.279. The number of benzene rings is 1. The Kier molecular flexibility index (Phi) is 3.94. The van der Waals surface area contributed by atoms with Crippen molar-refractivity contribution in [2.24, 2.45) is 0 Å². The summed E-state index contributed by atoms with van der Waals surface area (Å²) in [5.41, 5.74) is 1.35. The Bertz CT molecular complexity index is 752. The first-order chi connectivity index (χ1) is 11.0. The Morgan fingerprint density at radius 1 is 1.26 bits per heavy atom. The molecule has 0 spiro atoms. The van der Waals surface area contributed by atoms with Crippen LogP contribution in [0.5, 0.6) is 11.5 Å². The summed E-state index contributed by atoms with van der Waals surface area (Å²) in [7, 11) is 0. The summed E-state index contributed by atoms with van der Waals surface area (Å²) >= 11 is 0. The highest BCUT2D eigenvalue weighted by Crippen LogP contribution is 2.37. The molecule has 0 unspecified atom stereocenters. The van der Waals surface area contributed by atoms with Gasteiger partial charge in [-0.3, -0.25) is 4.79 Å². The molecule has 0 atom stereocenters. The number of carbonyl (C=O) groups excluding carboxylic acids is 1. The first kappa shape index (κ1) is 15.3. The van der Waals surface area contributed by atoms with Crippen LogP contribution in [0.2, 0.25) is 0 Å². The van der Waals surface area contributed by atoms with Crippen LogP contribution in [0.3, 0.4) is 0 Å². The third-order valence-electron chi connectivity index (χ3n) is 3.86. The number of nitrogens with zero attached hydrogens (tertiary/aromatic N) is 3. The number of aromatic nitrogens is 3. The summed E-state index contributed by atoms with van der Waals surface area (Å²) in [6, 6.07) is 2.92. The van der Waals surface area contributed by atoms with Crippen molar-refractivity contribution in [1.82, 2.24) is 20.1 Å². The van der Waals surface area contributed by atoms with Crippen LogP contribution in [-0.4, -0.2) is 36.9 Å². The molecule has 0 saturated heterocycles. The number of carbonyl (C=O) groups is 1. The van der Waals surface area contributed by atoms with Crippen molar-refractivity contribution in [2.45, 2.75) is 45.7 Å². The van der Waals surface area contributed by atoms with E-state index in [0.717, 1.165) is 24.8 Å². The summed E-state index contributed by atoms with van der Waals surface area (Å²) in [4.78, 5) is 12.3. The zero-order chi connectivity index (χ0) is 16.6. The fraction of sp³-hybridized carbons (Fsp3) is 0.438. The Morgan fingerprint density at radius 3 is 2.78 bits per heavy atom. The van der Waals surface area contributed by atoms with Gasteiger partial charge in [-0.2, -0.15) is 0 Å². The van der Waals surface area contributed by atoms with Crippen LogP contribution >= 0.6 is 0 Å². The van der Waals surface area contributed by atoms with Gasteiger partial charge < -0.3 is 20.1 Å². The van der Waals surface area contributed by atoms with Crippen molar-refractivity contribution in [3.8, 4) is 22.9 Å². The molecular formula is C16H20N4O3. The van der Waals surface area contributed by atoms with Gasteiger partial charge in [0.05, 0.1) is 5.56 Å². The van der Waals surface area contributed by atoms with E-state index in [2.05, 4.69) is 15.5 Å². The molecule has 7 heteroatoms. The maximum Gasteiger partial charge on any atom is 0.289 e. The molecule has 7 nitrogen and oxygen atoms in total. The summed E-state index contributed by atoms with van der Waals surface area (Å²) in [6.07, 6.45) is 2.49. The van der Waals surface area contributed by atoms with Gasteiger partial charge in [0.1, 0.15) is 11.5 Å². The topological polar surface area (TPSA) is 100 Å². The molecule has 0 bridgehead atoms. The average molecular weight is 316 g/mol. The van der Waals surface area contributed by atoms with Crippen molar-refractivity contribution >= 4 is 5.91 Å². The van der Waals surface area contributed by atoms with E-state index in [-0.39, 0.29) is 29.3 Å². The number of hydrogen-bond acceptors (Lipinski definition) is 5. The van der Waals surface area contributed by atoms with E-state index in [0.29, 0.717) is 17.9 Å². The molecule has 0 saturated carbocycles. The largest absolute Gasteiger partial charge is 0.508 e. The Labute approximate surface area is 134 Å². The van der Waals surface area contributed by atoms with Gasteiger partial charge in [-0.05, 0) is 44.7 Å². The predicted molar refractivity (Wildman–Crippen MR) is 84.3 cm³/mol. The Hall–Kier alpha value is -2.57. The standard InChI is InChI=1S/C16H20N4O3/c1-9(2)17-16(23)15-19-18-14-13-10(5-3-4-6-20(14)15)7-11(21)8-12(13)22/h7-9,21-22H,3-6H2,1-2H3,(H,17,23). The molecule has 1 aliphatic heterocycles. The van der Waals surface area contributed by atoms with E-state index in [1.807, 2.05) is 13.8 Å². The number of phenols is 2. The summed E-state index contributed by atoms with van der Waals surface area (Å²) in [5.74, 6) is 0.399. The molecule has 0 fully saturated rings. The number of hydrogen-bond donors (Lipinski definition) is 3. The lowest BCUT2D eigenvalue weighted by molar-refractivity contribution is 0.0927. The van der Waals surface area contributed by atoms with Crippen molar-refractivity contribution in [3.05, 3.63) is 23.5 Å². The maximum atomic E-state index is 12.3. The van der Waals surface area contributed by atoms with Gasteiger partial charge in [-0.15, -0.1) is 10.2 Å². The van der Waals surface area contributed by atoms with Gasteiger partial charge in [-0.25, -0.2) is 0 Å². The minimum absolute atomic E-state index is 0.00152. The molecule has 3 N–H and O–H groups in total. The van der Waals surface area contributed by atoms with Crippen LogP contribution in [0.4, 0.5) is 0 Å². The molecule has 1 amide bonds. The molecule has 1 aromatic heterocycles. The zero-order valence-electron chi connectivity index (χ0n) is 13.2. The lowest BCUT2D eigenvalue weighted by atomic mass is 9.98. The molecule has 122 valence electrons. The predicted octanol–water partition coefficient (Wildman–Crippen LogP) is 1.83. The van der Waals surface area contributed by atoms with Crippen LogP contribution in [0.25, 0.3) is 11.4 Å². The SMILES string of the molecule is CC(C)NC(=O)c1nnc2n1CCCCc1cc(O)cc(O)c1-2. The van der Waals surface area contributed by atoms with Crippen molar-refractivity contribution in [3.63, 3.8) is 0 Å². The van der Waals surface area contributed by atoms with Crippen LogP contribution in [-0.2, 0) is 13.0 Å². The van der Waals surface area contributed by atoms with E-state index in [1.54, 1.807) is 10.6 Å². The van der Waals surface area contributed by atoms with Crippen LogP contribution in [0, 0.1) is 0 Å². The van der Waals surface area contributed by atoms with E-state index >= 15 is 0 Å². The van der Waals surface area contributed by atoms with E-state index in [1.165, 1.54) is 6.07 Å². The number of aryl methyl sites for hydroxylation is 1. The summed E-state index contributed by atoms with van der Waals surface area (Å²) in [5, 5.41) is 30.9. The molecule has 0 radical (unpaired) electrons. The first-order valence-electron chi connectivity index (χ1n) is 7.76. The Balaban J connectivity index is 2.13. The lowest BCUT2D eigenvalue weighted by Crippen LogP contribution is -2.32. The third-order valence-corrected chi connectivity index (χ3v) is 3.86. The molecule has 2 aromatic rings. The van der Waals surface area contributed by atoms with Crippen molar-refractivity contribution in [1.29, 1.82) is 0 Å². The fourth-order valence-corrected chi connectivity index (χ4v) is 2.90. The minimum Gasteiger partial charge on any atom is -0.508 e. The highest BCUT2D eigenvalue weighted by atomic mass is 16.3. The van der Waals surface area contributed by atoms with Gasteiger partial charge in [0.2, 0.25) is 5.82 Å². The second kappa shape index (κ2) is 5.91. The van der Waals surface area contributed by atoms with E-state index in [9.17, 15) is 15.0 Å². The van der Waals surface area contributed by atoms with Crippen molar-refractivity contribution in [2.75, 3.05) is 0 Å². The zero-order valence-corrected chi connectivity index (χ0v) is 13.2. The monoisotopic (exact) mass is 316 g/mol. The second-order valence-corrected chi connectivity index (χ2v) is 6.08. The van der Waals surface area contributed by atoms with Gasteiger partial charge in [0.25, 0.3) is 5.91 Å². The maximum absolute atomic E-state index is 12.3. The van der Waals surface area contributed by atoms with E-state index < -0.39 is 0 Å². The van der Waals surface area contributed by atoms with Gasteiger partial charge in [-0.1, -0.05) is 0 Å². The van der Waals surface area contributed by atoms with Crippen molar-refractivity contribution < 1.29 is 15.0 Å². The van der Waals surface area contributed by atoms with Crippen LogP contribution < -0.4 is 5.32 Å². The lowest BCUT2D eigenvalue weighted by Gasteiger charge is -2.18. The molecule has 3 rings (SSSR count). The summed E-state index contributed by atoms with van der Waals surface area (Å²) in [6.45, 7) is 4.38. The van der Waals surface area contributed by atoms with Crippen LogP contribution in [0.15, 0.2) is 12.1 Å². The third kappa shape index (κ3) is 2.86. The number of phenolic OH excluding ortho intramolecular Hbond substituents is 2. The number of nitrogens with one attached hydrogen (secondary N) is 1. The van der Waals surface area contributed by atoms with Crippen LogP contribution in [0.1, 0.15) is 42.9 Å². The molecule has 1 aromatic carbocycles. The molecule has 0 aliphatic carbocycles. The number of rotatable bonds is 2. The quantitative estimate of drug-likeness (QED) is 0.785. The Morgan fingerprint density at radius 2 is 2.04 bits per heavy atom. The summed E-state index contributed by atoms with van der Waals surface area (Å²) < 4.78 is 1.74. The first-order valence-corrected chi connectivity index (χ1v) is 7.76. The highest BCUT2D eigenvalue weighted by Gasteiger charge is 2.25. The molecule has 2 heterocycles. The molecule has 1 aliphatic rings. The molecule has 23 heavy (non-hydrogen) atoms. The van der Waals surface area contributed by atoms with Gasteiger partial charge in [0.15, 0.2) is 5.82 Å². The normalized spacial score (nSPS) is 13.9. The number of aromatic hydroxyl groups is 2. The number of amides is 1.